The van der Waals surface area contributed by atoms with Crippen molar-refractivity contribution in [2.24, 2.45) is 52.3 Å². The molecule has 172 valence electrons. The van der Waals surface area contributed by atoms with Crippen molar-refractivity contribution < 1.29 is 0 Å². The minimum atomic E-state index is 0.393. The van der Waals surface area contributed by atoms with Crippen molar-refractivity contribution >= 4 is 11.6 Å². The molecular weight excluding hydrogens is 384 g/mol. The first-order valence-electron chi connectivity index (χ1n) is 13.5. The third kappa shape index (κ3) is 3.84. The molecule has 3 saturated carbocycles. The highest BCUT2D eigenvalue weighted by atomic mass is 35.5. The van der Waals surface area contributed by atoms with E-state index in [1.165, 1.54) is 64.2 Å². The van der Waals surface area contributed by atoms with Crippen LogP contribution in [0.25, 0.3) is 0 Å². The molecular formula is C29H49Cl. The predicted octanol–water partition coefficient (Wildman–Crippen LogP) is 9.27. The molecule has 0 spiro atoms. The summed E-state index contributed by atoms with van der Waals surface area (Å²) >= 11 is 6.58. The van der Waals surface area contributed by atoms with Gasteiger partial charge in [-0.3, -0.25) is 0 Å². The van der Waals surface area contributed by atoms with Gasteiger partial charge in [0.15, 0.2) is 0 Å². The molecule has 4 aliphatic carbocycles. The number of halogens is 1. The van der Waals surface area contributed by atoms with Crippen LogP contribution in [0.15, 0.2) is 11.6 Å². The van der Waals surface area contributed by atoms with Gasteiger partial charge >= 0.3 is 0 Å². The molecule has 9 atom stereocenters. The van der Waals surface area contributed by atoms with E-state index in [9.17, 15) is 0 Å². The Kier molecular flexibility index (Phi) is 6.77. The third-order valence-corrected chi connectivity index (χ3v) is 11.6. The van der Waals surface area contributed by atoms with Crippen molar-refractivity contribution in [1.82, 2.24) is 0 Å². The number of fused-ring (bicyclic) bond motifs is 5. The Morgan fingerprint density at radius 3 is 2.47 bits per heavy atom. The lowest BCUT2D eigenvalue weighted by Crippen LogP contribution is -2.50. The van der Waals surface area contributed by atoms with Gasteiger partial charge in [0.25, 0.3) is 0 Å². The lowest BCUT2D eigenvalue weighted by molar-refractivity contribution is -0.0501. The van der Waals surface area contributed by atoms with E-state index in [1.54, 1.807) is 5.57 Å². The maximum absolute atomic E-state index is 6.58. The van der Waals surface area contributed by atoms with Gasteiger partial charge in [-0.15, -0.1) is 11.6 Å². The van der Waals surface area contributed by atoms with E-state index in [-0.39, 0.29) is 0 Å². The summed E-state index contributed by atoms with van der Waals surface area (Å²) < 4.78 is 0. The van der Waals surface area contributed by atoms with Crippen molar-refractivity contribution in [1.29, 1.82) is 0 Å². The second-order valence-corrected chi connectivity index (χ2v) is 13.4. The van der Waals surface area contributed by atoms with Crippen LogP contribution >= 0.6 is 11.6 Å². The quantitative estimate of drug-likeness (QED) is 0.289. The highest BCUT2D eigenvalue weighted by Gasteiger charge is 2.59. The normalized spacial score (nSPS) is 45.3. The van der Waals surface area contributed by atoms with Gasteiger partial charge in [0, 0.05) is 5.38 Å². The summed E-state index contributed by atoms with van der Waals surface area (Å²) in [5.74, 6) is 6.48. The zero-order valence-corrected chi connectivity index (χ0v) is 21.6. The monoisotopic (exact) mass is 432 g/mol. The van der Waals surface area contributed by atoms with Gasteiger partial charge in [0.1, 0.15) is 0 Å². The van der Waals surface area contributed by atoms with E-state index in [0.717, 1.165) is 47.8 Å². The summed E-state index contributed by atoms with van der Waals surface area (Å²) in [6, 6.07) is 0. The SMILES string of the molecule is CC[C@H](CC[C@@H](C)[C@H]1CC[C@H]2[C@@H]3CC=C4C[C@@H](Cl)CC[C@]4(C)[C@H]3CC[C@]12C)C(C)C. The standard InChI is InChI=1S/C29H49Cl/c1-7-21(19(2)3)9-8-20(4)25-12-13-26-24-11-10-22-18-23(30)14-16-28(22,5)27(24)15-17-29(25,26)6/h10,19-21,23-27H,7-9,11-18H2,1-6H3/t20-,21-,23+,24+,25-,26+,27+,28+,29-/m1/s1. The van der Waals surface area contributed by atoms with Gasteiger partial charge in [-0.05, 0) is 110 Å². The van der Waals surface area contributed by atoms with E-state index in [4.69, 9.17) is 11.6 Å². The van der Waals surface area contributed by atoms with Crippen molar-refractivity contribution in [2.45, 2.75) is 118 Å². The fourth-order valence-electron chi connectivity index (χ4n) is 9.28. The summed E-state index contributed by atoms with van der Waals surface area (Å²) in [4.78, 5) is 0. The second-order valence-electron chi connectivity index (χ2n) is 12.8. The average Bonchev–Trinajstić information content (AvgIpc) is 3.06. The first-order chi connectivity index (χ1) is 14.2. The van der Waals surface area contributed by atoms with Crippen molar-refractivity contribution in [2.75, 3.05) is 0 Å². The maximum Gasteiger partial charge on any atom is 0.0373 e. The van der Waals surface area contributed by atoms with E-state index < -0.39 is 0 Å². The number of hydrogen-bond donors (Lipinski definition) is 0. The zero-order valence-electron chi connectivity index (χ0n) is 20.9. The molecule has 0 heterocycles. The van der Waals surface area contributed by atoms with Gasteiger partial charge in [0.2, 0.25) is 0 Å². The van der Waals surface area contributed by atoms with Crippen LogP contribution in [0.3, 0.4) is 0 Å². The summed E-state index contributed by atoms with van der Waals surface area (Å²) in [5, 5.41) is 0.393. The number of allylic oxidation sites excluding steroid dienone is 2. The van der Waals surface area contributed by atoms with Crippen molar-refractivity contribution in [3.8, 4) is 0 Å². The zero-order chi connectivity index (χ0) is 21.7. The molecule has 0 N–H and O–H groups in total. The first kappa shape index (κ1) is 23.2. The van der Waals surface area contributed by atoms with Crippen LogP contribution in [0.4, 0.5) is 0 Å². The van der Waals surface area contributed by atoms with Crippen LogP contribution in [0.5, 0.6) is 0 Å². The molecule has 0 aromatic carbocycles. The Hall–Kier alpha value is 0.0300. The molecule has 4 rings (SSSR count). The molecule has 0 unspecified atom stereocenters. The molecule has 0 aromatic rings. The van der Waals surface area contributed by atoms with Gasteiger partial charge in [-0.2, -0.15) is 0 Å². The Balaban J connectivity index is 1.47. The minimum Gasteiger partial charge on any atom is -0.123 e. The van der Waals surface area contributed by atoms with Gasteiger partial charge in [-0.25, -0.2) is 0 Å². The highest BCUT2D eigenvalue weighted by Crippen LogP contribution is 2.67. The van der Waals surface area contributed by atoms with Crippen LogP contribution in [-0.4, -0.2) is 5.38 Å². The number of hydrogen-bond acceptors (Lipinski definition) is 0. The van der Waals surface area contributed by atoms with Crippen LogP contribution in [0.2, 0.25) is 0 Å². The first-order valence-corrected chi connectivity index (χ1v) is 14.0. The fraction of sp³-hybridized carbons (Fsp3) is 0.931. The van der Waals surface area contributed by atoms with E-state index in [0.29, 0.717) is 16.2 Å². The largest absolute Gasteiger partial charge is 0.123 e. The van der Waals surface area contributed by atoms with Crippen molar-refractivity contribution in [3.05, 3.63) is 11.6 Å². The third-order valence-electron chi connectivity index (χ3n) is 11.3. The fourth-order valence-corrected chi connectivity index (χ4v) is 9.55. The van der Waals surface area contributed by atoms with Gasteiger partial charge < -0.3 is 0 Å². The van der Waals surface area contributed by atoms with E-state index in [1.807, 2.05) is 0 Å². The van der Waals surface area contributed by atoms with Crippen LogP contribution < -0.4 is 0 Å². The number of rotatable bonds is 6. The summed E-state index contributed by atoms with van der Waals surface area (Å²) in [5.41, 5.74) is 2.80. The van der Waals surface area contributed by atoms with Crippen molar-refractivity contribution in [3.63, 3.8) is 0 Å². The molecule has 3 fully saturated rings. The van der Waals surface area contributed by atoms with Crippen LogP contribution in [-0.2, 0) is 0 Å². The molecule has 0 aliphatic heterocycles. The Bertz CT molecular complexity index is 634. The maximum atomic E-state index is 6.58. The Morgan fingerprint density at radius 1 is 1.00 bits per heavy atom. The molecule has 1 heteroatoms. The molecule has 0 saturated heterocycles. The Labute approximate surface area is 193 Å². The summed E-state index contributed by atoms with van der Waals surface area (Å²) in [6.45, 7) is 15.2. The molecule has 0 nitrogen and oxygen atoms in total. The lowest BCUT2D eigenvalue weighted by Gasteiger charge is -2.58. The lowest BCUT2D eigenvalue weighted by atomic mass is 9.47. The topological polar surface area (TPSA) is 0 Å². The molecule has 0 amide bonds. The summed E-state index contributed by atoms with van der Waals surface area (Å²) in [7, 11) is 0. The molecule has 0 aromatic heterocycles. The van der Waals surface area contributed by atoms with Gasteiger partial charge in [0.05, 0.1) is 0 Å². The highest BCUT2D eigenvalue weighted by molar-refractivity contribution is 6.20. The smallest absolute Gasteiger partial charge is 0.0373 e. The summed E-state index contributed by atoms with van der Waals surface area (Å²) in [6.07, 6.45) is 18.0. The van der Waals surface area contributed by atoms with Crippen LogP contribution in [0.1, 0.15) is 112 Å². The molecule has 0 bridgehead atoms. The molecule has 4 aliphatic rings. The minimum absolute atomic E-state index is 0.393. The van der Waals surface area contributed by atoms with E-state index in [2.05, 4.69) is 47.6 Å². The average molecular weight is 433 g/mol. The Morgan fingerprint density at radius 2 is 1.77 bits per heavy atom. The molecule has 0 radical (unpaired) electrons. The van der Waals surface area contributed by atoms with E-state index >= 15 is 0 Å². The number of alkyl halides is 1. The molecule has 30 heavy (non-hydrogen) atoms. The second kappa shape index (κ2) is 8.76. The van der Waals surface area contributed by atoms with Gasteiger partial charge in [-0.1, -0.05) is 66.0 Å². The van der Waals surface area contributed by atoms with Crippen LogP contribution in [0, 0.1) is 52.3 Å². The predicted molar refractivity (Wildman–Crippen MR) is 132 cm³/mol.